The normalized spacial score (nSPS) is 10.7. The van der Waals surface area contributed by atoms with Crippen LogP contribution in [-0.4, -0.2) is 20.5 Å². The summed E-state index contributed by atoms with van der Waals surface area (Å²) in [7, 11) is 0. The van der Waals surface area contributed by atoms with Crippen LogP contribution in [0.15, 0.2) is 79.1 Å². The molecule has 0 aliphatic rings. The first kappa shape index (κ1) is 14.1. The molecule has 0 unspecified atom stereocenters. The van der Waals surface area contributed by atoms with Gasteiger partial charge in [0.25, 0.3) is 5.91 Å². The van der Waals surface area contributed by atoms with E-state index >= 15 is 0 Å². The van der Waals surface area contributed by atoms with E-state index in [0.717, 1.165) is 16.8 Å². The van der Waals surface area contributed by atoms with E-state index in [0.29, 0.717) is 11.3 Å². The topological polar surface area (TPSA) is 59.3 Å². The molecule has 0 saturated carbocycles. The van der Waals surface area contributed by atoms with E-state index in [-0.39, 0.29) is 5.91 Å². The second-order valence-corrected chi connectivity index (χ2v) is 5.35. The van der Waals surface area contributed by atoms with Crippen LogP contribution in [0.25, 0.3) is 16.8 Å². The van der Waals surface area contributed by atoms with Gasteiger partial charge in [-0.3, -0.25) is 4.79 Å². The molecule has 0 aliphatic heterocycles. The third-order valence-corrected chi connectivity index (χ3v) is 3.72. The molecule has 0 saturated heterocycles. The maximum absolute atomic E-state index is 12.3. The highest BCUT2D eigenvalue weighted by Gasteiger charge is 2.11. The maximum atomic E-state index is 12.3. The molecular weight excluding hydrogens is 300 g/mol. The van der Waals surface area contributed by atoms with Gasteiger partial charge in [-0.05, 0) is 29.3 Å². The van der Waals surface area contributed by atoms with Gasteiger partial charge in [0, 0.05) is 24.1 Å². The summed E-state index contributed by atoms with van der Waals surface area (Å²) in [5, 5.41) is 7.07. The number of aromatic nitrogens is 3. The fourth-order valence-corrected chi connectivity index (χ4v) is 2.51. The van der Waals surface area contributed by atoms with Crippen LogP contribution in [-0.2, 0) is 0 Å². The van der Waals surface area contributed by atoms with E-state index in [9.17, 15) is 4.79 Å². The zero-order chi connectivity index (χ0) is 16.4. The number of rotatable bonds is 3. The summed E-state index contributed by atoms with van der Waals surface area (Å²) in [6.45, 7) is 0. The van der Waals surface area contributed by atoms with Crippen LogP contribution in [0.3, 0.4) is 0 Å². The summed E-state index contributed by atoms with van der Waals surface area (Å²) in [6, 6.07) is 21.3. The molecular formula is C19H14N4O. The van der Waals surface area contributed by atoms with E-state index in [1.54, 1.807) is 29.0 Å². The fraction of sp³-hybridized carbons (Fsp3) is 0. The molecule has 0 aliphatic carbocycles. The van der Waals surface area contributed by atoms with Gasteiger partial charge in [0.2, 0.25) is 0 Å². The van der Waals surface area contributed by atoms with Crippen LogP contribution in [0.2, 0.25) is 0 Å². The molecule has 24 heavy (non-hydrogen) atoms. The number of carbonyl (C=O) groups excluding carboxylic acids is 1. The Bertz CT molecular complexity index is 958. The summed E-state index contributed by atoms with van der Waals surface area (Å²) < 4.78 is 1.58. The lowest BCUT2D eigenvalue weighted by Crippen LogP contribution is -2.12. The Morgan fingerprint density at radius 2 is 1.67 bits per heavy atom. The van der Waals surface area contributed by atoms with Gasteiger partial charge in [0.15, 0.2) is 11.3 Å². The van der Waals surface area contributed by atoms with Crippen molar-refractivity contribution < 1.29 is 4.79 Å². The largest absolute Gasteiger partial charge is 0.321 e. The van der Waals surface area contributed by atoms with Crippen molar-refractivity contribution in [3.8, 4) is 11.1 Å². The van der Waals surface area contributed by atoms with Crippen molar-refractivity contribution >= 4 is 17.2 Å². The Morgan fingerprint density at radius 3 is 2.42 bits per heavy atom. The summed E-state index contributed by atoms with van der Waals surface area (Å²) in [5.74, 6) is -0.257. The van der Waals surface area contributed by atoms with Crippen molar-refractivity contribution in [3.63, 3.8) is 0 Å². The number of nitrogens with zero attached hydrogens (tertiary/aromatic N) is 3. The third kappa shape index (κ3) is 2.75. The molecule has 4 aromatic rings. The van der Waals surface area contributed by atoms with Crippen LogP contribution in [0.4, 0.5) is 5.69 Å². The molecule has 116 valence electrons. The van der Waals surface area contributed by atoms with E-state index < -0.39 is 0 Å². The molecule has 5 heteroatoms. The van der Waals surface area contributed by atoms with Crippen molar-refractivity contribution in [1.29, 1.82) is 0 Å². The molecule has 4 rings (SSSR count). The standard InChI is InChI=1S/C19H14N4O/c24-19(17-13-18-20-11-4-12-23(18)22-17)21-16-9-7-15(8-10-16)14-5-2-1-3-6-14/h1-13H,(H,21,24). The molecule has 0 fully saturated rings. The molecule has 1 N–H and O–H groups in total. The van der Waals surface area contributed by atoms with Crippen molar-refractivity contribution in [2.45, 2.75) is 0 Å². The Morgan fingerprint density at radius 1 is 0.917 bits per heavy atom. The predicted octanol–water partition coefficient (Wildman–Crippen LogP) is 3.65. The highest BCUT2D eigenvalue weighted by Crippen LogP contribution is 2.21. The summed E-state index contributed by atoms with van der Waals surface area (Å²) in [6.07, 6.45) is 3.43. The van der Waals surface area contributed by atoms with Crippen molar-refractivity contribution in [2.75, 3.05) is 5.32 Å². The number of amides is 1. The van der Waals surface area contributed by atoms with Crippen LogP contribution < -0.4 is 5.32 Å². The van der Waals surface area contributed by atoms with E-state index in [1.807, 2.05) is 42.5 Å². The van der Waals surface area contributed by atoms with Gasteiger partial charge in [-0.15, -0.1) is 0 Å². The minimum Gasteiger partial charge on any atom is -0.321 e. The van der Waals surface area contributed by atoms with Crippen molar-refractivity contribution in [1.82, 2.24) is 14.6 Å². The molecule has 0 radical (unpaired) electrons. The molecule has 2 aromatic heterocycles. The molecule has 0 bridgehead atoms. The zero-order valence-electron chi connectivity index (χ0n) is 12.8. The van der Waals surface area contributed by atoms with E-state index in [1.165, 1.54) is 0 Å². The molecule has 1 amide bonds. The quantitative estimate of drug-likeness (QED) is 0.628. The Labute approximate surface area is 138 Å². The van der Waals surface area contributed by atoms with Gasteiger partial charge in [0.05, 0.1) is 0 Å². The van der Waals surface area contributed by atoms with Crippen molar-refractivity contribution in [3.05, 3.63) is 84.8 Å². The molecule has 0 spiro atoms. The SMILES string of the molecule is O=C(Nc1ccc(-c2ccccc2)cc1)c1cc2ncccn2n1. The number of benzene rings is 2. The minimum atomic E-state index is -0.257. The summed E-state index contributed by atoms with van der Waals surface area (Å²) >= 11 is 0. The Hall–Kier alpha value is -3.47. The van der Waals surface area contributed by atoms with Gasteiger partial charge >= 0.3 is 0 Å². The summed E-state index contributed by atoms with van der Waals surface area (Å²) in [4.78, 5) is 16.5. The smallest absolute Gasteiger partial charge is 0.276 e. The lowest BCUT2D eigenvalue weighted by Gasteiger charge is -2.05. The maximum Gasteiger partial charge on any atom is 0.276 e. The lowest BCUT2D eigenvalue weighted by atomic mass is 10.1. The minimum absolute atomic E-state index is 0.257. The van der Waals surface area contributed by atoms with E-state index in [4.69, 9.17) is 0 Å². The van der Waals surface area contributed by atoms with Crippen molar-refractivity contribution in [2.24, 2.45) is 0 Å². The number of hydrogen-bond donors (Lipinski definition) is 1. The number of hydrogen-bond acceptors (Lipinski definition) is 3. The first-order valence-electron chi connectivity index (χ1n) is 7.57. The van der Waals surface area contributed by atoms with Crippen LogP contribution in [0.5, 0.6) is 0 Å². The molecule has 5 nitrogen and oxygen atoms in total. The Kier molecular flexibility index (Phi) is 3.51. The van der Waals surface area contributed by atoms with Gasteiger partial charge in [-0.25, -0.2) is 9.50 Å². The van der Waals surface area contributed by atoms with Gasteiger partial charge in [0.1, 0.15) is 0 Å². The van der Waals surface area contributed by atoms with Gasteiger partial charge < -0.3 is 5.32 Å². The third-order valence-electron chi connectivity index (χ3n) is 3.72. The van der Waals surface area contributed by atoms with Crippen LogP contribution in [0.1, 0.15) is 10.5 Å². The molecule has 0 atom stereocenters. The molecule has 2 heterocycles. The number of carbonyl (C=O) groups is 1. The number of fused-ring (bicyclic) bond motifs is 1. The second kappa shape index (κ2) is 5.96. The zero-order valence-corrected chi connectivity index (χ0v) is 12.8. The van der Waals surface area contributed by atoms with Gasteiger partial charge in [-0.1, -0.05) is 42.5 Å². The monoisotopic (exact) mass is 314 g/mol. The van der Waals surface area contributed by atoms with E-state index in [2.05, 4.69) is 27.5 Å². The first-order valence-corrected chi connectivity index (χ1v) is 7.57. The van der Waals surface area contributed by atoms with Crippen LogP contribution >= 0.6 is 0 Å². The Balaban J connectivity index is 1.53. The van der Waals surface area contributed by atoms with Gasteiger partial charge in [-0.2, -0.15) is 5.10 Å². The fourth-order valence-electron chi connectivity index (χ4n) is 2.51. The highest BCUT2D eigenvalue weighted by molar-refractivity contribution is 6.03. The highest BCUT2D eigenvalue weighted by atomic mass is 16.1. The second-order valence-electron chi connectivity index (χ2n) is 5.35. The summed E-state index contributed by atoms with van der Waals surface area (Å²) in [5.41, 5.74) is 3.94. The lowest BCUT2D eigenvalue weighted by molar-refractivity contribution is 0.102. The average molecular weight is 314 g/mol. The van der Waals surface area contributed by atoms with Crippen LogP contribution in [0, 0.1) is 0 Å². The predicted molar refractivity (Wildman–Crippen MR) is 92.8 cm³/mol. The number of anilines is 1. The first-order chi connectivity index (χ1) is 11.8. The average Bonchev–Trinajstić information content (AvgIpc) is 3.07. The molecule has 2 aromatic carbocycles. The number of nitrogens with one attached hydrogen (secondary N) is 1.